The number of hydrogen-bond acceptors (Lipinski definition) is 4. The molecule has 1 aromatic carbocycles. The van der Waals surface area contributed by atoms with Crippen molar-refractivity contribution in [3.63, 3.8) is 0 Å². The molecule has 0 fully saturated rings. The van der Waals surface area contributed by atoms with E-state index in [1.54, 1.807) is 6.20 Å². The van der Waals surface area contributed by atoms with E-state index in [0.717, 1.165) is 30.4 Å². The molecule has 1 unspecified atom stereocenters. The first-order valence-electron chi connectivity index (χ1n) is 7.16. The van der Waals surface area contributed by atoms with Crippen LogP contribution >= 0.6 is 0 Å². The molecule has 2 rings (SSSR count). The maximum Gasteiger partial charge on any atom is 0.231 e. The van der Waals surface area contributed by atoms with E-state index < -0.39 is 0 Å². The quantitative estimate of drug-likeness (QED) is 0.865. The van der Waals surface area contributed by atoms with Crippen molar-refractivity contribution in [1.82, 2.24) is 9.97 Å². The minimum absolute atomic E-state index is 0.407. The van der Waals surface area contributed by atoms with Gasteiger partial charge in [-0.15, -0.1) is 0 Å². The molecule has 0 aliphatic carbocycles. The second-order valence-corrected chi connectivity index (χ2v) is 4.78. The fourth-order valence-corrected chi connectivity index (χ4v) is 1.96. The van der Waals surface area contributed by atoms with E-state index >= 15 is 0 Å². The van der Waals surface area contributed by atoms with Gasteiger partial charge in [-0.3, -0.25) is 0 Å². The van der Waals surface area contributed by atoms with Gasteiger partial charge in [-0.05, 0) is 38.5 Å². The Morgan fingerprint density at radius 3 is 2.55 bits per heavy atom. The molecule has 20 heavy (non-hydrogen) atoms. The van der Waals surface area contributed by atoms with E-state index in [0.29, 0.717) is 6.04 Å². The zero-order valence-electron chi connectivity index (χ0n) is 12.4. The van der Waals surface area contributed by atoms with Crippen molar-refractivity contribution in [2.45, 2.75) is 33.2 Å². The van der Waals surface area contributed by atoms with E-state index in [9.17, 15) is 0 Å². The number of benzene rings is 1. The Hall–Kier alpha value is -2.10. The van der Waals surface area contributed by atoms with Gasteiger partial charge in [-0.2, -0.15) is 4.98 Å². The van der Waals surface area contributed by atoms with Gasteiger partial charge < -0.3 is 10.2 Å². The van der Waals surface area contributed by atoms with E-state index in [-0.39, 0.29) is 0 Å². The van der Waals surface area contributed by atoms with Crippen LogP contribution in [0.3, 0.4) is 0 Å². The van der Waals surface area contributed by atoms with Crippen LogP contribution < -0.4 is 10.2 Å². The highest BCUT2D eigenvalue weighted by molar-refractivity contribution is 5.58. The maximum atomic E-state index is 4.61. The van der Waals surface area contributed by atoms with Crippen LogP contribution in [0.25, 0.3) is 0 Å². The van der Waals surface area contributed by atoms with Gasteiger partial charge in [0.15, 0.2) is 0 Å². The van der Waals surface area contributed by atoms with Crippen molar-refractivity contribution < 1.29 is 0 Å². The summed E-state index contributed by atoms with van der Waals surface area (Å²) in [4.78, 5) is 11.1. The summed E-state index contributed by atoms with van der Waals surface area (Å²) in [6.07, 6.45) is 2.87. The van der Waals surface area contributed by atoms with Crippen LogP contribution in [0.15, 0.2) is 42.6 Å². The van der Waals surface area contributed by atoms with E-state index in [4.69, 9.17) is 0 Å². The Bertz CT molecular complexity index is 527. The summed E-state index contributed by atoms with van der Waals surface area (Å²) in [5, 5.41) is 3.38. The predicted octanol–water partition coefficient (Wildman–Crippen LogP) is 3.85. The molecule has 4 heteroatoms. The molecule has 2 aromatic rings. The molecule has 0 aliphatic rings. The number of para-hydroxylation sites is 1. The minimum Gasteiger partial charge on any atom is -0.367 e. The highest BCUT2D eigenvalue weighted by Crippen LogP contribution is 2.22. The molecule has 0 radical (unpaired) electrons. The van der Waals surface area contributed by atoms with Gasteiger partial charge in [-0.25, -0.2) is 4.98 Å². The maximum absolute atomic E-state index is 4.61. The number of rotatable bonds is 6. The van der Waals surface area contributed by atoms with Crippen molar-refractivity contribution in [2.75, 3.05) is 16.8 Å². The lowest BCUT2D eigenvalue weighted by molar-refractivity contribution is 0.757. The Morgan fingerprint density at radius 2 is 1.90 bits per heavy atom. The first-order valence-corrected chi connectivity index (χ1v) is 7.16. The van der Waals surface area contributed by atoms with Gasteiger partial charge in [0.1, 0.15) is 5.82 Å². The van der Waals surface area contributed by atoms with Crippen LogP contribution in [0.5, 0.6) is 0 Å². The first kappa shape index (κ1) is 14.3. The SMILES string of the molecule is CCC(C)Nc1ccnc(N(CC)c2ccccc2)n1. The summed E-state index contributed by atoms with van der Waals surface area (Å²) in [7, 11) is 0. The summed E-state index contributed by atoms with van der Waals surface area (Å²) in [5.41, 5.74) is 1.11. The molecule has 0 amide bonds. The van der Waals surface area contributed by atoms with Gasteiger partial charge >= 0.3 is 0 Å². The molecule has 0 saturated heterocycles. The molecule has 0 bridgehead atoms. The zero-order valence-corrected chi connectivity index (χ0v) is 12.4. The van der Waals surface area contributed by atoms with Crippen LogP contribution in [-0.2, 0) is 0 Å². The Balaban J connectivity index is 2.24. The smallest absolute Gasteiger partial charge is 0.231 e. The molecule has 1 aromatic heterocycles. The van der Waals surface area contributed by atoms with E-state index in [1.807, 2.05) is 24.3 Å². The fraction of sp³-hybridized carbons (Fsp3) is 0.375. The third-order valence-corrected chi connectivity index (χ3v) is 3.28. The monoisotopic (exact) mass is 270 g/mol. The van der Waals surface area contributed by atoms with Gasteiger partial charge in [-0.1, -0.05) is 25.1 Å². The standard InChI is InChI=1S/C16H22N4/c1-4-13(3)18-15-11-12-17-16(19-15)20(5-2)14-9-7-6-8-10-14/h6-13H,4-5H2,1-3H3,(H,17,18,19). The number of nitrogens with zero attached hydrogens (tertiary/aromatic N) is 3. The Morgan fingerprint density at radius 1 is 1.15 bits per heavy atom. The lowest BCUT2D eigenvalue weighted by Crippen LogP contribution is -2.20. The molecule has 1 heterocycles. The molecule has 0 spiro atoms. The Kier molecular flexibility index (Phi) is 4.93. The van der Waals surface area contributed by atoms with Gasteiger partial charge in [0.05, 0.1) is 0 Å². The molecular formula is C16H22N4. The predicted molar refractivity (Wildman–Crippen MR) is 84.5 cm³/mol. The molecule has 1 atom stereocenters. The van der Waals surface area contributed by atoms with Crippen molar-refractivity contribution in [1.29, 1.82) is 0 Å². The van der Waals surface area contributed by atoms with E-state index in [2.05, 4.69) is 53.1 Å². The van der Waals surface area contributed by atoms with Crippen LogP contribution in [0.1, 0.15) is 27.2 Å². The number of anilines is 3. The highest BCUT2D eigenvalue weighted by atomic mass is 15.3. The zero-order chi connectivity index (χ0) is 14.4. The van der Waals surface area contributed by atoms with Gasteiger partial charge in [0.25, 0.3) is 0 Å². The van der Waals surface area contributed by atoms with Crippen LogP contribution in [-0.4, -0.2) is 22.6 Å². The number of aromatic nitrogens is 2. The van der Waals surface area contributed by atoms with Crippen molar-refractivity contribution in [3.05, 3.63) is 42.6 Å². The first-order chi connectivity index (χ1) is 9.74. The molecule has 106 valence electrons. The molecule has 4 nitrogen and oxygen atoms in total. The van der Waals surface area contributed by atoms with Gasteiger partial charge in [0.2, 0.25) is 5.95 Å². The van der Waals surface area contributed by atoms with Gasteiger partial charge in [0, 0.05) is 24.5 Å². The largest absolute Gasteiger partial charge is 0.367 e. The lowest BCUT2D eigenvalue weighted by Gasteiger charge is -2.21. The van der Waals surface area contributed by atoms with Crippen LogP contribution in [0.2, 0.25) is 0 Å². The summed E-state index contributed by atoms with van der Waals surface area (Å²) in [6, 6.07) is 12.5. The third-order valence-electron chi connectivity index (χ3n) is 3.28. The fourth-order valence-electron chi connectivity index (χ4n) is 1.96. The number of nitrogens with one attached hydrogen (secondary N) is 1. The lowest BCUT2D eigenvalue weighted by atomic mass is 10.2. The molecule has 0 saturated carbocycles. The molecule has 1 N–H and O–H groups in total. The van der Waals surface area contributed by atoms with E-state index in [1.165, 1.54) is 0 Å². The third kappa shape index (κ3) is 3.47. The van der Waals surface area contributed by atoms with Crippen molar-refractivity contribution >= 4 is 17.5 Å². The second-order valence-electron chi connectivity index (χ2n) is 4.78. The van der Waals surface area contributed by atoms with Crippen molar-refractivity contribution in [3.8, 4) is 0 Å². The topological polar surface area (TPSA) is 41.1 Å². The van der Waals surface area contributed by atoms with Crippen LogP contribution in [0, 0.1) is 0 Å². The minimum atomic E-state index is 0.407. The molecular weight excluding hydrogens is 248 g/mol. The molecule has 0 aliphatic heterocycles. The summed E-state index contributed by atoms with van der Waals surface area (Å²) < 4.78 is 0. The highest BCUT2D eigenvalue weighted by Gasteiger charge is 2.10. The average molecular weight is 270 g/mol. The average Bonchev–Trinajstić information content (AvgIpc) is 2.49. The normalized spacial score (nSPS) is 11.9. The van der Waals surface area contributed by atoms with Crippen LogP contribution in [0.4, 0.5) is 17.5 Å². The number of hydrogen-bond donors (Lipinski definition) is 1. The summed E-state index contributed by atoms with van der Waals surface area (Å²) in [5.74, 6) is 1.60. The Labute approximate surface area is 120 Å². The second kappa shape index (κ2) is 6.89. The summed E-state index contributed by atoms with van der Waals surface area (Å²) in [6.45, 7) is 7.24. The summed E-state index contributed by atoms with van der Waals surface area (Å²) >= 11 is 0. The van der Waals surface area contributed by atoms with Crippen molar-refractivity contribution in [2.24, 2.45) is 0 Å².